The zero-order chi connectivity index (χ0) is 16.3. The van der Waals surface area contributed by atoms with E-state index in [1.807, 2.05) is 0 Å². The number of rotatable bonds is 4. The second-order valence-electron chi connectivity index (χ2n) is 5.09. The fourth-order valence-electron chi connectivity index (χ4n) is 1.83. The number of halogens is 2. The first-order valence-corrected chi connectivity index (χ1v) is 7.33. The number of amides is 2. The van der Waals surface area contributed by atoms with Crippen LogP contribution in [0.5, 0.6) is 0 Å². The topological polar surface area (TPSA) is 74.5 Å². The summed E-state index contributed by atoms with van der Waals surface area (Å²) in [6, 6.07) is 7.83. The van der Waals surface area contributed by atoms with Gasteiger partial charge in [-0.1, -0.05) is 29.3 Å². The lowest BCUT2D eigenvalue weighted by Crippen LogP contribution is -2.40. The molecule has 1 aromatic heterocycles. The molecule has 1 unspecified atom stereocenters. The summed E-state index contributed by atoms with van der Waals surface area (Å²) in [7, 11) is 0. The number of benzene rings is 1. The van der Waals surface area contributed by atoms with E-state index in [1.165, 1.54) is 0 Å². The van der Waals surface area contributed by atoms with Crippen molar-refractivity contribution in [3.8, 4) is 0 Å². The summed E-state index contributed by atoms with van der Waals surface area (Å²) in [6.07, 6.45) is 0. The van der Waals surface area contributed by atoms with E-state index in [4.69, 9.17) is 27.6 Å². The van der Waals surface area contributed by atoms with Gasteiger partial charge in [0.25, 0.3) is 0 Å². The molecule has 5 nitrogen and oxygen atoms in total. The van der Waals surface area contributed by atoms with E-state index in [0.717, 1.165) is 0 Å². The van der Waals surface area contributed by atoms with Gasteiger partial charge >= 0.3 is 6.03 Å². The molecular weight excluding hydrogens is 327 g/mol. The summed E-state index contributed by atoms with van der Waals surface area (Å²) in [6.45, 7) is 3.31. The largest absolute Gasteiger partial charge is 0.463 e. The highest BCUT2D eigenvalue weighted by Gasteiger charge is 2.27. The number of aryl methyl sites for hydroxylation is 1. The van der Waals surface area contributed by atoms with Crippen LogP contribution in [0.1, 0.15) is 18.4 Å². The molecule has 0 saturated heterocycles. The van der Waals surface area contributed by atoms with E-state index in [9.17, 15) is 9.90 Å². The average Bonchev–Trinajstić information content (AvgIpc) is 2.89. The Bertz CT molecular complexity index is 683. The minimum absolute atomic E-state index is 0.0238. The molecule has 0 bridgehead atoms. The molecule has 2 aromatic rings. The van der Waals surface area contributed by atoms with Crippen LogP contribution in [-0.2, 0) is 5.60 Å². The zero-order valence-corrected chi connectivity index (χ0v) is 13.6. The Morgan fingerprint density at radius 1 is 1.32 bits per heavy atom. The first-order chi connectivity index (χ1) is 10.3. The van der Waals surface area contributed by atoms with Crippen LogP contribution in [0.15, 0.2) is 34.7 Å². The maximum absolute atomic E-state index is 11.9. The molecule has 2 rings (SSSR count). The SMILES string of the molecule is Cc1ccc(C(C)(O)CNC(=O)Nc2cccc(Cl)c2Cl)o1. The highest BCUT2D eigenvalue weighted by molar-refractivity contribution is 6.43. The van der Waals surface area contributed by atoms with Crippen molar-refractivity contribution in [2.24, 2.45) is 0 Å². The normalized spacial score (nSPS) is 13.5. The van der Waals surface area contributed by atoms with Crippen molar-refractivity contribution in [3.63, 3.8) is 0 Å². The predicted molar refractivity (Wildman–Crippen MR) is 86.5 cm³/mol. The van der Waals surface area contributed by atoms with E-state index < -0.39 is 11.6 Å². The number of aliphatic hydroxyl groups is 1. The molecule has 1 aromatic carbocycles. The lowest BCUT2D eigenvalue weighted by atomic mass is 10.0. The highest BCUT2D eigenvalue weighted by Crippen LogP contribution is 2.29. The van der Waals surface area contributed by atoms with Gasteiger partial charge in [-0.15, -0.1) is 0 Å². The summed E-state index contributed by atoms with van der Waals surface area (Å²) >= 11 is 11.9. The molecule has 0 radical (unpaired) electrons. The van der Waals surface area contributed by atoms with E-state index >= 15 is 0 Å². The fourth-order valence-corrected chi connectivity index (χ4v) is 2.18. The summed E-state index contributed by atoms with van der Waals surface area (Å²) in [5.41, 5.74) is -0.927. The van der Waals surface area contributed by atoms with Gasteiger partial charge in [-0.05, 0) is 38.1 Å². The third-order valence-corrected chi connectivity index (χ3v) is 3.88. The smallest absolute Gasteiger partial charge is 0.319 e. The number of hydrogen-bond donors (Lipinski definition) is 3. The first-order valence-electron chi connectivity index (χ1n) is 6.58. The molecule has 0 saturated carbocycles. The lowest BCUT2D eigenvalue weighted by molar-refractivity contribution is 0.0364. The molecule has 1 atom stereocenters. The standard InChI is InChI=1S/C15H16Cl2N2O3/c1-9-6-7-12(22-9)15(2,21)8-18-14(20)19-11-5-3-4-10(16)13(11)17/h3-7,21H,8H2,1-2H3,(H2,18,19,20). The van der Waals surface area contributed by atoms with Crippen LogP contribution in [0.3, 0.4) is 0 Å². The van der Waals surface area contributed by atoms with Crippen LogP contribution < -0.4 is 10.6 Å². The average molecular weight is 343 g/mol. The quantitative estimate of drug-likeness (QED) is 0.788. The van der Waals surface area contributed by atoms with Gasteiger partial charge in [-0.3, -0.25) is 0 Å². The van der Waals surface area contributed by atoms with Crippen LogP contribution >= 0.6 is 23.2 Å². The molecule has 0 aliphatic heterocycles. The molecular formula is C15H16Cl2N2O3. The van der Waals surface area contributed by atoms with Crippen molar-refractivity contribution in [3.05, 3.63) is 51.9 Å². The van der Waals surface area contributed by atoms with Crippen molar-refractivity contribution in [1.29, 1.82) is 0 Å². The van der Waals surface area contributed by atoms with Gasteiger partial charge in [0.1, 0.15) is 17.1 Å². The summed E-state index contributed by atoms with van der Waals surface area (Å²) < 4.78 is 5.37. The Morgan fingerprint density at radius 3 is 2.68 bits per heavy atom. The molecule has 2 amide bonds. The van der Waals surface area contributed by atoms with Gasteiger partial charge in [0, 0.05) is 0 Å². The van der Waals surface area contributed by atoms with Crippen molar-refractivity contribution in [2.75, 3.05) is 11.9 Å². The van der Waals surface area contributed by atoms with E-state index in [2.05, 4.69) is 10.6 Å². The number of nitrogens with one attached hydrogen (secondary N) is 2. The van der Waals surface area contributed by atoms with E-state index in [0.29, 0.717) is 22.2 Å². The van der Waals surface area contributed by atoms with Gasteiger partial charge in [0.15, 0.2) is 0 Å². The minimum Gasteiger partial charge on any atom is -0.463 e. The molecule has 0 aliphatic rings. The molecule has 1 heterocycles. The number of carbonyl (C=O) groups excluding carboxylic acids is 1. The van der Waals surface area contributed by atoms with E-state index in [1.54, 1.807) is 44.2 Å². The van der Waals surface area contributed by atoms with Crippen molar-refractivity contribution >= 4 is 34.9 Å². The van der Waals surface area contributed by atoms with Gasteiger partial charge in [0.05, 0.1) is 22.3 Å². The Kier molecular flexibility index (Phi) is 5.01. The summed E-state index contributed by atoms with van der Waals surface area (Å²) in [5, 5.41) is 16.1. The Labute approximate surface area is 138 Å². The van der Waals surface area contributed by atoms with Crippen molar-refractivity contribution in [2.45, 2.75) is 19.4 Å². The predicted octanol–water partition coefficient (Wildman–Crippen LogP) is 3.92. The lowest BCUT2D eigenvalue weighted by Gasteiger charge is -2.21. The van der Waals surface area contributed by atoms with Gasteiger partial charge in [-0.2, -0.15) is 0 Å². The Morgan fingerprint density at radius 2 is 2.05 bits per heavy atom. The number of urea groups is 1. The molecule has 7 heteroatoms. The van der Waals surface area contributed by atoms with Gasteiger partial charge in [-0.25, -0.2) is 4.79 Å². The maximum Gasteiger partial charge on any atom is 0.319 e. The highest BCUT2D eigenvalue weighted by atomic mass is 35.5. The molecule has 0 spiro atoms. The van der Waals surface area contributed by atoms with Crippen LogP contribution in [0.4, 0.5) is 10.5 Å². The number of carbonyl (C=O) groups is 1. The minimum atomic E-state index is -1.32. The van der Waals surface area contributed by atoms with Crippen LogP contribution in [0, 0.1) is 6.92 Å². The molecule has 118 valence electrons. The zero-order valence-electron chi connectivity index (χ0n) is 12.1. The Balaban J connectivity index is 1.96. The van der Waals surface area contributed by atoms with Crippen LogP contribution in [0.2, 0.25) is 10.0 Å². The number of hydrogen-bond acceptors (Lipinski definition) is 3. The molecule has 3 N–H and O–H groups in total. The summed E-state index contributed by atoms with van der Waals surface area (Å²) in [4.78, 5) is 11.9. The van der Waals surface area contributed by atoms with Gasteiger partial charge < -0.3 is 20.2 Å². The molecule has 22 heavy (non-hydrogen) atoms. The number of furan rings is 1. The van der Waals surface area contributed by atoms with Gasteiger partial charge in [0.2, 0.25) is 0 Å². The van der Waals surface area contributed by atoms with Crippen LogP contribution in [-0.4, -0.2) is 17.7 Å². The molecule has 0 aliphatic carbocycles. The third kappa shape index (κ3) is 3.94. The van der Waals surface area contributed by atoms with Crippen molar-refractivity contribution in [1.82, 2.24) is 5.32 Å². The number of anilines is 1. The second kappa shape index (κ2) is 6.60. The first kappa shape index (κ1) is 16.7. The second-order valence-corrected chi connectivity index (χ2v) is 5.88. The molecule has 0 fully saturated rings. The van der Waals surface area contributed by atoms with E-state index in [-0.39, 0.29) is 11.6 Å². The van der Waals surface area contributed by atoms with Crippen molar-refractivity contribution < 1.29 is 14.3 Å². The summed E-state index contributed by atoms with van der Waals surface area (Å²) in [5.74, 6) is 1.07. The maximum atomic E-state index is 11.9. The monoisotopic (exact) mass is 342 g/mol. The fraction of sp³-hybridized carbons (Fsp3) is 0.267. The van der Waals surface area contributed by atoms with Crippen LogP contribution in [0.25, 0.3) is 0 Å². The third-order valence-electron chi connectivity index (χ3n) is 3.06. The Hall–Kier alpha value is -1.69.